The van der Waals surface area contributed by atoms with Gasteiger partial charge in [0.1, 0.15) is 55.2 Å². The van der Waals surface area contributed by atoms with E-state index in [2.05, 4.69) is 114 Å². The van der Waals surface area contributed by atoms with Crippen LogP contribution in [0, 0.1) is 0 Å². The average Bonchev–Trinajstić information content (AvgIpc) is 1.71. The van der Waals surface area contributed by atoms with Gasteiger partial charge in [0.15, 0.2) is 0 Å². The summed E-state index contributed by atoms with van der Waals surface area (Å²) in [5.41, 5.74) is 38.8. The number of nitrogens with zero attached hydrogens (tertiary/aromatic N) is 16. The lowest BCUT2D eigenvalue weighted by Gasteiger charge is -2.04. The first-order valence-corrected chi connectivity index (χ1v) is 36.2. The number of nitrogens with one attached hydrogen (secondary N) is 5. The molecule has 0 radical (unpaired) electrons. The van der Waals surface area contributed by atoms with E-state index in [0.717, 1.165) is 171 Å². The second-order valence-corrected chi connectivity index (χ2v) is 28.2. The molecule has 12 aromatic heterocycles. The summed E-state index contributed by atoms with van der Waals surface area (Å²) in [4.78, 5) is 18.1. The van der Waals surface area contributed by atoms with Crippen LogP contribution in [-0.2, 0) is 46.0 Å². The van der Waals surface area contributed by atoms with Gasteiger partial charge in [-0.05, 0) is 92.1 Å². The number of benzene rings is 4. The topological polar surface area (TPSA) is 422 Å². The number of nitrogens with two attached hydrogens (primary N) is 4. The molecule has 0 atom stereocenters. The Morgan fingerprint density at radius 3 is 0.970 bits per heavy atom. The minimum atomic E-state index is -3.23. The van der Waals surface area contributed by atoms with Gasteiger partial charge in [-0.15, -0.1) is 0 Å². The van der Waals surface area contributed by atoms with Crippen LogP contribution in [0.3, 0.4) is 0 Å². The number of H-pyrrole nitrogens is 4. The minimum Gasteiger partial charge on any atom is -0.383 e. The highest BCUT2D eigenvalue weighted by Crippen LogP contribution is 2.35. The lowest BCUT2D eigenvalue weighted by molar-refractivity contribution is 0.557. The van der Waals surface area contributed by atoms with E-state index >= 15 is 0 Å². The number of sulfonamides is 1. The summed E-state index contributed by atoms with van der Waals surface area (Å²) in [6.07, 6.45) is 23.1. The highest BCUT2D eigenvalue weighted by atomic mass is 32.2. The van der Waals surface area contributed by atoms with E-state index in [9.17, 15) is 16.8 Å². The van der Waals surface area contributed by atoms with Crippen molar-refractivity contribution in [2.24, 2.45) is 0 Å². The van der Waals surface area contributed by atoms with Crippen LogP contribution in [0.2, 0.25) is 0 Å². The number of nitrogen functional groups attached to an aromatic ring is 4. The Balaban J connectivity index is 0.000000119. The normalized spacial score (nSPS) is 11.9. The highest BCUT2D eigenvalue weighted by Gasteiger charge is 2.18. The van der Waals surface area contributed by atoms with Gasteiger partial charge < -0.3 is 22.9 Å². The van der Waals surface area contributed by atoms with Crippen LogP contribution in [0.4, 0.5) is 23.3 Å². The predicted octanol–water partition coefficient (Wildman–Crippen LogP) is 10.2. The minimum absolute atomic E-state index is 0.130. The quantitative estimate of drug-likeness (QED) is 0.0340. The van der Waals surface area contributed by atoms with Crippen molar-refractivity contribution in [2.75, 3.05) is 47.7 Å². The first-order chi connectivity index (χ1) is 47.8. The summed E-state index contributed by atoms with van der Waals surface area (Å²) in [7, 11) is -6.21. The van der Waals surface area contributed by atoms with E-state index in [1.165, 1.54) is 19.1 Å². The number of anilines is 4. The molecule has 506 valence electrons. The fourth-order valence-electron chi connectivity index (χ4n) is 11.8. The Morgan fingerprint density at radius 2 is 0.687 bits per heavy atom. The number of pyridine rings is 4. The number of sulfone groups is 1. The van der Waals surface area contributed by atoms with Gasteiger partial charge in [0.25, 0.3) is 0 Å². The summed E-state index contributed by atoms with van der Waals surface area (Å²) < 4.78 is 54.7. The molecule has 4 aromatic carbocycles. The fourth-order valence-corrected chi connectivity index (χ4v) is 12.9. The number of hydrogen-bond acceptors (Lipinski definition) is 20. The van der Waals surface area contributed by atoms with E-state index in [1.54, 1.807) is 40.3 Å². The number of fused-ring (bicyclic) bond motifs is 12. The van der Waals surface area contributed by atoms with Crippen LogP contribution >= 0.6 is 0 Å². The SMILES string of the molecule is CCCCCn1cc2c(N)nc3cc(-c4ccn[nH]4)ccc3c2n1.CCCCn1cc2c(N)nc3cc(-c4ccn[nH]4)ccc3c2n1.CS(=O)(=O)CCCn1cc2c(N)nc3cc(-c4ccn[nH]4)ccc3c2n1.CS(=O)(=O)NCCn1cc2c(N)nc3cc(-c4ccn[nH]4)ccc3c2n1. The van der Waals surface area contributed by atoms with Crippen molar-refractivity contribution < 1.29 is 16.8 Å². The molecule has 0 aliphatic carbocycles. The Labute approximate surface area is 566 Å². The van der Waals surface area contributed by atoms with Gasteiger partial charge in [0, 0.05) is 126 Å². The summed E-state index contributed by atoms with van der Waals surface area (Å²) >= 11 is 0. The number of rotatable bonds is 19. The molecule has 0 saturated heterocycles. The first-order valence-electron chi connectivity index (χ1n) is 32.2. The number of unbranched alkanes of at least 4 members (excludes halogenated alkanes) is 3. The predicted molar refractivity (Wildman–Crippen MR) is 390 cm³/mol. The second-order valence-electron chi connectivity index (χ2n) is 24.1. The van der Waals surface area contributed by atoms with Crippen molar-refractivity contribution in [3.8, 4) is 45.0 Å². The van der Waals surface area contributed by atoms with Crippen molar-refractivity contribution >= 4 is 130 Å². The Bertz CT molecular complexity index is 5570. The largest absolute Gasteiger partial charge is 0.383 e. The van der Waals surface area contributed by atoms with Gasteiger partial charge in [-0.1, -0.05) is 57.4 Å². The fraction of sp³-hybridized carbons (Fsp3) is 0.235. The molecule has 31 heteroatoms. The third-order valence-electron chi connectivity index (χ3n) is 16.7. The standard InChI is InChI=1S/C18H20N6.C17H18N6O2S.C17H18N6.C16H17N7O2S/c1-2-3-4-9-24-11-14-17(23-24)13-6-5-12(15-7-8-20-22-15)10-16(13)21-18(14)19;1-26(24,25)8-2-7-23-10-13-16(22-23)12-4-3-11(14-5-6-19-21-14)9-15(12)20-17(13)18;1-2-3-8-23-10-13-16(22-23)12-5-4-11(14-6-7-19-21-14)9-15(12)20-17(13)18;1-26(24,25)19-6-7-23-9-12-15(22-23)11-3-2-10(13-4-5-18-21-13)8-14(11)20-16(12)17/h5-8,10-11H,2-4,9H2,1H3,(H2,19,21)(H,20,22);3-6,9-10H,2,7-8H2,1H3,(H2,18,20)(H,19,21);4-7,9-10H,2-3,8H2,1H3,(H2,18,20)(H,19,21);2-5,8-9,19H,6-7H2,1H3,(H2,17,20)(H,18,21). The third-order valence-corrected chi connectivity index (χ3v) is 18.5. The summed E-state index contributed by atoms with van der Waals surface area (Å²) in [6.45, 7) is 7.34. The molecule has 0 bridgehead atoms. The average molecular weight is 1370 g/mol. The Kier molecular flexibility index (Phi) is 18.8. The van der Waals surface area contributed by atoms with Crippen molar-refractivity contribution in [2.45, 2.75) is 78.6 Å². The molecule has 12 heterocycles. The maximum atomic E-state index is 11.3. The van der Waals surface area contributed by atoms with E-state index < -0.39 is 19.9 Å². The molecule has 16 rings (SSSR count). The zero-order valence-electron chi connectivity index (χ0n) is 54.8. The van der Waals surface area contributed by atoms with E-state index in [0.29, 0.717) is 42.8 Å². The monoisotopic (exact) mass is 1370 g/mol. The number of aromatic nitrogens is 20. The van der Waals surface area contributed by atoms with Gasteiger partial charge in [-0.25, -0.2) is 41.5 Å². The van der Waals surface area contributed by atoms with Crippen LogP contribution < -0.4 is 27.7 Å². The molecule has 0 fully saturated rings. The molecule has 0 saturated carbocycles. The molecule has 99 heavy (non-hydrogen) atoms. The molecular weight excluding hydrogens is 1300 g/mol. The first kappa shape index (κ1) is 65.9. The molecule has 0 spiro atoms. The molecule has 16 aromatic rings. The molecule has 0 unspecified atom stereocenters. The lowest BCUT2D eigenvalue weighted by atomic mass is 10.1. The van der Waals surface area contributed by atoms with Crippen LogP contribution in [0.1, 0.15) is 52.4 Å². The Hall–Kier alpha value is -11.7. The van der Waals surface area contributed by atoms with Crippen LogP contribution in [0.5, 0.6) is 0 Å². The summed E-state index contributed by atoms with van der Waals surface area (Å²) in [5, 5.41) is 53.5. The van der Waals surface area contributed by atoms with Gasteiger partial charge in [-0.2, -0.15) is 40.8 Å². The number of aryl methyl sites for hydroxylation is 3. The molecule has 29 nitrogen and oxygen atoms in total. The van der Waals surface area contributed by atoms with Crippen molar-refractivity contribution in [3.63, 3.8) is 0 Å². The molecule has 13 N–H and O–H groups in total. The zero-order valence-corrected chi connectivity index (χ0v) is 56.4. The summed E-state index contributed by atoms with van der Waals surface area (Å²) in [6, 6.07) is 31.7. The summed E-state index contributed by atoms with van der Waals surface area (Å²) in [5.74, 6) is 1.98. The van der Waals surface area contributed by atoms with E-state index in [1.807, 2.05) is 101 Å². The number of hydrogen-bond donors (Lipinski definition) is 9. The lowest BCUT2D eigenvalue weighted by Crippen LogP contribution is -2.26. The van der Waals surface area contributed by atoms with Gasteiger partial charge in [-0.3, -0.25) is 39.1 Å². The molecular formula is C68H73N25O4S2. The maximum absolute atomic E-state index is 11.3. The second kappa shape index (κ2) is 28.2. The van der Waals surface area contributed by atoms with Gasteiger partial charge >= 0.3 is 0 Å². The third kappa shape index (κ3) is 14.8. The Morgan fingerprint density at radius 1 is 0.384 bits per heavy atom. The van der Waals surface area contributed by atoms with E-state index in [-0.39, 0.29) is 12.3 Å². The van der Waals surface area contributed by atoms with Crippen molar-refractivity contribution in [3.05, 3.63) is 147 Å². The molecule has 0 aliphatic heterocycles. The zero-order chi connectivity index (χ0) is 69.0. The van der Waals surface area contributed by atoms with Crippen molar-refractivity contribution in [1.82, 2.24) is 105 Å². The molecule has 0 aliphatic rings. The van der Waals surface area contributed by atoms with E-state index in [4.69, 9.17) is 33.1 Å². The molecule has 0 amide bonds. The van der Waals surface area contributed by atoms with Crippen LogP contribution in [0.15, 0.2) is 147 Å². The van der Waals surface area contributed by atoms with Crippen LogP contribution in [0.25, 0.3) is 132 Å². The highest BCUT2D eigenvalue weighted by molar-refractivity contribution is 7.90. The smallest absolute Gasteiger partial charge is 0.208 e. The van der Waals surface area contributed by atoms with Crippen LogP contribution in [-0.4, -0.2) is 141 Å². The van der Waals surface area contributed by atoms with Crippen molar-refractivity contribution in [1.29, 1.82) is 0 Å². The van der Waals surface area contributed by atoms with Gasteiger partial charge in [0.2, 0.25) is 10.0 Å². The maximum Gasteiger partial charge on any atom is 0.208 e. The number of aromatic amines is 4. The van der Waals surface area contributed by atoms with Gasteiger partial charge in [0.05, 0.1) is 84.9 Å².